The maximum Gasteiger partial charge on any atom is 0.453 e. The third kappa shape index (κ3) is 3.01. The number of carbonyl (C=O) groups is 1. The van der Waals surface area contributed by atoms with Crippen molar-refractivity contribution in [2.45, 2.75) is 26.1 Å². The minimum Gasteiger partial charge on any atom is -0.447 e. The summed E-state index contributed by atoms with van der Waals surface area (Å²) in [5.74, 6) is -0.803. The molecule has 0 N–H and O–H groups in total. The van der Waals surface area contributed by atoms with Gasteiger partial charge in [0, 0.05) is 24.8 Å². The number of ether oxygens (including phenoxy) is 1. The number of anilines is 2. The van der Waals surface area contributed by atoms with E-state index in [1.54, 1.807) is 17.9 Å². The molecule has 1 aromatic carbocycles. The number of aromatic nitrogens is 4. The summed E-state index contributed by atoms with van der Waals surface area (Å²) in [6, 6.07) is 7.42. The molecule has 3 aromatic rings. The third-order valence-corrected chi connectivity index (χ3v) is 5.29. The lowest BCUT2D eigenvalue weighted by Crippen LogP contribution is -2.34. The van der Waals surface area contributed by atoms with Crippen LogP contribution >= 0.6 is 0 Å². The average molecular weight is 418 g/mol. The predicted octanol–water partition coefficient (Wildman–Crippen LogP) is 2.97. The lowest BCUT2D eigenvalue weighted by molar-refractivity contribution is -0.144. The number of hydrogen-bond acceptors (Lipinski definition) is 6. The van der Waals surface area contributed by atoms with Crippen molar-refractivity contribution in [3.63, 3.8) is 0 Å². The minimum atomic E-state index is -4.65. The first-order valence-corrected chi connectivity index (χ1v) is 9.43. The van der Waals surface area contributed by atoms with Crippen LogP contribution in [0.1, 0.15) is 22.6 Å². The van der Waals surface area contributed by atoms with Crippen molar-refractivity contribution >= 4 is 23.4 Å². The monoisotopic (exact) mass is 418 g/mol. The number of halogens is 3. The second kappa shape index (κ2) is 6.57. The van der Waals surface area contributed by atoms with Crippen LogP contribution in [0.3, 0.4) is 0 Å². The van der Waals surface area contributed by atoms with Crippen LogP contribution in [-0.2, 0) is 23.9 Å². The van der Waals surface area contributed by atoms with Gasteiger partial charge in [-0.2, -0.15) is 22.7 Å². The highest BCUT2D eigenvalue weighted by Gasteiger charge is 2.37. The zero-order valence-electron chi connectivity index (χ0n) is 16.0. The number of nitrogens with zero attached hydrogens (tertiary/aromatic N) is 6. The minimum absolute atomic E-state index is 0.0864. The Kier molecular flexibility index (Phi) is 4.09. The molecule has 0 spiro atoms. The average Bonchev–Trinajstić information content (AvgIpc) is 3.32. The quantitative estimate of drug-likeness (QED) is 0.637. The molecular weight excluding hydrogens is 401 g/mol. The Hall–Kier alpha value is -3.37. The van der Waals surface area contributed by atoms with E-state index in [9.17, 15) is 18.0 Å². The summed E-state index contributed by atoms with van der Waals surface area (Å²) in [4.78, 5) is 23.2. The summed E-state index contributed by atoms with van der Waals surface area (Å²) in [6.45, 7) is 3.58. The van der Waals surface area contributed by atoms with Crippen molar-refractivity contribution in [1.82, 2.24) is 19.6 Å². The second-order valence-corrected chi connectivity index (χ2v) is 7.25. The largest absolute Gasteiger partial charge is 0.453 e. The molecule has 1 fully saturated rings. The van der Waals surface area contributed by atoms with Gasteiger partial charge in [-0.1, -0.05) is 12.1 Å². The normalized spacial score (nSPS) is 16.9. The molecule has 1 saturated heterocycles. The number of alkyl halides is 3. The molecule has 2 aliphatic heterocycles. The predicted molar refractivity (Wildman–Crippen MR) is 100 cm³/mol. The molecule has 8 nitrogen and oxygen atoms in total. The van der Waals surface area contributed by atoms with Gasteiger partial charge in [-0.25, -0.2) is 9.78 Å². The third-order valence-electron chi connectivity index (χ3n) is 5.29. The van der Waals surface area contributed by atoms with Crippen molar-refractivity contribution in [3.8, 4) is 0 Å². The van der Waals surface area contributed by atoms with Gasteiger partial charge < -0.3 is 9.64 Å². The Balaban J connectivity index is 1.53. The number of carbonyl (C=O) groups excluding carboxylic acids is 1. The first kappa shape index (κ1) is 18.6. The molecule has 0 aliphatic carbocycles. The molecule has 4 heterocycles. The van der Waals surface area contributed by atoms with Crippen LogP contribution in [0, 0.1) is 6.92 Å². The van der Waals surface area contributed by atoms with Gasteiger partial charge in [0.15, 0.2) is 0 Å². The maximum absolute atomic E-state index is 13.1. The van der Waals surface area contributed by atoms with Gasteiger partial charge >= 0.3 is 12.3 Å². The van der Waals surface area contributed by atoms with Crippen molar-refractivity contribution in [2.75, 3.05) is 29.5 Å². The number of fused-ring (bicyclic) bond motifs is 2. The fourth-order valence-electron chi connectivity index (χ4n) is 3.96. The van der Waals surface area contributed by atoms with E-state index in [0.717, 1.165) is 21.3 Å². The lowest BCUT2D eigenvalue weighted by Gasteiger charge is -2.32. The first-order valence-electron chi connectivity index (χ1n) is 9.43. The number of benzene rings is 1. The summed E-state index contributed by atoms with van der Waals surface area (Å²) in [7, 11) is 0. The van der Waals surface area contributed by atoms with E-state index in [1.165, 1.54) is 0 Å². The molecule has 2 aromatic heterocycles. The number of cyclic esters (lactones) is 1. The standard InChI is InChI=1S/C19H17F3N6O2/c1-11-9-15(28-17(23-11)24-16(25-28)19(20,21)22)26-6-5-13-12(10-26)3-2-4-14(13)27-7-8-30-18(27)29/h2-4,9H,5-8,10H2,1H3. The van der Waals surface area contributed by atoms with Crippen molar-refractivity contribution < 1.29 is 22.7 Å². The van der Waals surface area contributed by atoms with Crippen molar-refractivity contribution in [1.29, 1.82) is 0 Å². The molecule has 0 atom stereocenters. The second-order valence-electron chi connectivity index (χ2n) is 7.25. The first-order chi connectivity index (χ1) is 14.3. The molecule has 2 aliphatic rings. The Morgan fingerprint density at radius 2 is 2.00 bits per heavy atom. The van der Waals surface area contributed by atoms with E-state index < -0.39 is 12.0 Å². The fraction of sp³-hybridized carbons (Fsp3) is 0.368. The van der Waals surface area contributed by atoms with Crippen LogP contribution in [0.25, 0.3) is 5.78 Å². The van der Waals surface area contributed by atoms with Crippen LogP contribution in [0.4, 0.5) is 29.5 Å². The zero-order chi connectivity index (χ0) is 21.0. The van der Waals surface area contributed by atoms with Crippen LogP contribution < -0.4 is 9.80 Å². The van der Waals surface area contributed by atoms with Gasteiger partial charge in [0.05, 0.1) is 12.2 Å². The van der Waals surface area contributed by atoms with E-state index in [0.29, 0.717) is 44.2 Å². The molecule has 156 valence electrons. The Bertz CT molecular complexity index is 1160. The highest BCUT2D eigenvalue weighted by molar-refractivity contribution is 5.90. The number of aryl methyl sites for hydroxylation is 1. The molecular formula is C19H17F3N6O2. The summed E-state index contributed by atoms with van der Waals surface area (Å²) in [6.07, 6.45) is -4.38. The molecule has 1 amide bonds. The SMILES string of the molecule is Cc1cc(N2CCc3c(cccc3N3CCOC3=O)C2)n2nc(C(F)(F)F)nc2n1. The summed E-state index contributed by atoms with van der Waals surface area (Å²) >= 11 is 0. The molecule has 0 radical (unpaired) electrons. The molecule has 5 rings (SSSR count). The van der Waals surface area contributed by atoms with Crippen molar-refractivity contribution in [2.24, 2.45) is 0 Å². The molecule has 11 heteroatoms. The van der Waals surface area contributed by atoms with Crippen LogP contribution in [0.2, 0.25) is 0 Å². The Morgan fingerprint density at radius 1 is 1.17 bits per heavy atom. The highest BCUT2D eigenvalue weighted by Crippen LogP contribution is 2.33. The number of hydrogen-bond donors (Lipinski definition) is 0. The van der Waals surface area contributed by atoms with Gasteiger partial charge in [-0.05, 0) is 30.5 Å². The van der Waals surface area contributed by atoms with Gasteiger partial charge in [-0.3, -0.25) is 4.90 Å². The van der Waals surface area contributed by atoms with E-state index in [4.69, 9.17) is 4.74 Å². The van der Waals surface area contributed by atoms with E-state index >= 15 is 0 Å². The van der Waals surface area contributed by atoms with Gasteiger partial charge in [0.2, 0.25) is 0 Å². The molecule has 0 unspecified atom stereocenters. The summed E-state index contributed by atoms with van der Waals surface area (Å²) in [5.41, 5.74) is 3.42. The van der Waals surface area contributed by atoms with Crippen molar-refractivity contribution in [3.05, 3.63) is 46.9 Å². The van der Waals surface area contributed by atoms with Crippen LogP contribution in [0.5, 0.6) is 0 Å². The van der Waals surface area contributed by atoms with Gasteiger partial charge in [0.1, 0.15) is 12.4 Å². The number of rotatable bonds is 2. The maximum atomic E-state index is 13.1. The fourth-order valence-corrected chi connectivity index (χ4v) is 3.96. The molecule has 30 heavy (non-hydrogen) atoms. The topological polar surface area (TPSA) is 75.9 Å². The van der Waals surface area contributed by atoms with Crippen LogP contribution in [-0.4, -0.2) is 45.4 Å². The smallest absolute Gasteiger partial charge is 0.447 e. The Labute approximate surface area is 168 Å². The van der Waals surface area contributed by atoms with Gasteiger partial charge in [-0.15, -0.1) is 5.10 Å². The van der Waals surface area contributed by atoms with Crippen LogP contribution in [0.15, 0.2) is 24.3 Å². The van der Waals surface area contributed by atoms with E-state index in [1.807, 2.05) is 23.1 Å². The summed E-state index contributed by atoms with van der Waals surface area (Å²) in [5, 5.41) is 3.65. The highest BCUT2D eigenvalue weighted by atomic mass is 19.4. The molecule has 0 saturated carbocycles. The summed E-state index contributed by atoms with van der Waals surface area (Å²) < 4.78 is 45.5. The van der Waals surface area contributed by atoms with E-state index in [2.05, 4.69) is 15.1 Å². The van der Waals surface area contributed by atoms with E-state index in [-0.39, 0.29) is 11.9 Å². The lowest BCUT2D eigenvalue weighted by atomic mass is 9.97. The van der Waals surface area contributed by atoms with Gasteiger partial charge in [0.25, 0.3) is 11.6 Å². The zero-order valence-corrected chi connectivity index (χ0v) is 16.0. The number of amides is 1. The Morgan fingerprint density at radius 3 is 2.73 bits per heavy atom. The molecule has 0 bridgehead atoms.